The van der Waals surface area contributed by atoms with Crippen LogP contribution in [-0.2, 0) is 14.3 Å². The molecule has 5 nitrogen and oxygen atoms in total. The molecule has 0 fully saturated rings. The molecular weight excluding hydrogens is 375 g/mol. The van der Waals surface area contributed by atoms with Crippen molar-refractivity contribution >= 4 is 46.0 Å². The lowest BCUT2D eigenvalue weighted by molar-refractivity contribution is -0.111. The maximum absolute atomic E-state index is 13.0. The second-order valence-electron chi connectivity index (χ2n) is 5.42. The molecule has 0 aromatic heterocycles. The van der Waals surface area contributed by atoms with E-state index < -0.39 is 5.78 Å². The van der Waals surface area contributed by atoms with E-state index in [2.05, 4.69) is 0 Å². The summed E-state index contributed by atoms with van der Waals surface area (Å²) in [5, 5.41) is 9.15. The highest BCUT2D eigenvalue weighted by atomic mass is 35.5. The van der Waals surface area contributed by atoms with Crippen LogP contribution in [0.2, 0.25) is 10.0 Å². The minimum absolute atomic E-state index is 0.0392. The number of hydrogen-bond donors (Lipinski definition) is 2. The Morgan fingerprint density at radius 3 is 2.12 bits per heavy atom. The van der Waals surface area contributed by atoms with Gasteiger partial charge in [0.15, 0.2) is 5.76 Å². The van der Waals surface area contributed by atoms with Crippen LogP contribution < -0.4 is 5.73 Å². The van der Waals surface area contributed by atoms with E-state index in [9.17, 15) is 4.79 Å². The van der Waals surface area contributed by atoms with Crippen molar-refractivity contribution in [3.63, 3.8) is 0 Å². The minimum Gasteiger partial charge on any atom is -0.481 e. The Balaban J connectivity index is 2.11. The van der Waals surface area contributed by atoms with Crippen LogP contribution in [0, 0.1) is 5.41 Å². The minimum atomic E-state index is -0.434. The van der Waals surface area contributed by atoms with Gasteiger partial charge in [-0.05, 0) is 35.4 Å². The third-order valence-electron chi connectivity index (χ3n) is 3.82. The number of carbonyl (C=O) groups excluding carboxylic acids is 1. The van der Waals surface area contributed by atoms with Gasteiger partial charge < -0.3 is 15.2 Å². The van der Waals surface area contributed by atoms with Crippen molar-refractivity contribution in [3.8, 4) is 0 Å². The number of methoxy groups -OCH3 is 1. The first-order valence-corrected chi connectivity index (χ1v) is 8.29. The topological polar surface area (TPSA) is 85.4 Å². The largest absolute Gasteiger partial charge is 0.481 e. The van der Waals surface area contributed by atoms with Crippen molar-refractivity contribution in [1.82, 2.24) is 0 Å². The number of nitrogens with two attached hydrogens (primary N) is 1. The maximum atomic E-state index is 13.0. The van der Waals surface area contributed by atoms with E-state index >= 15 is 0 Å². The molecule has 7 heteroatoms. The Morgan fingerprint density at radius 1 is 1.04 bits per heavy atom. The lowest BCUT2D eigenvalue weighted by Crippen LogP contribution is -2.11. The van der Waals surface area contributed by atoms with E-state index in [4.69, 9.17) is 43.8 Å². The van der Waals surface area contributed by atoms with E-state index in [1.165, 1.54) is 7.11 Å². The van der Waals surface area contributed by atoms with Crippen LogP contribution in [-0.4, -0.2) is 18.8 Å². The highest BCUT2D eigenvalue weighted by Crippen LogP contribution is 2.35. The molecule has 0 aliphatic carbocycles. The summed E-state index contributed by atoms with van der Waals surface area (Å²) in [5.74, 6) is -0.762. The number of nitrogens with one attached hydrogen (secondary N) is 1. The highest BCUT2D eigenvalue weighted by molar-refractivity contribution is 6.37. The number of ketones is 1. The smallest absolute Gasteiger partial charge is 0.235 e. The van der Waals surface area contributed by atoms with Crippen LogP contribution in [0.4, 0.5) is 0 Å². The summed E-state index contributed by atoms with van der Waals surface area (Å²) in [7, 11) is 1.34. The first-order chi connectivity index (χ1) is 12.4. The van der Waals surface area contributed by atoms with Crippen molar-refractivity contribution in [2.24, 2.45) is 5.73 Å². The number of hydrogen-bond acceptors (Lipinski definition) is 5. The molecule has 0 unspecified atom stereocenters. The molecule has 3 N–H and O–H groups in total. The summed E-state index contributed by atoms with van der Waals surface area (Å²) >= 11 is 11.8. The van der Waals surface area contributed by atoms with Gasteiger partial charge in [-0.1, -0.05) is 47.5 Å². The predicted octanol–water partition coefficient (Wildman–Crippen LogP) is 4.25. The van der Waals surface area contributed by atoms with Gasteiger partial charge in [-0.3, -0.25) is 10.2 Å². The molecule has 26 heavy (non-hydrogen) atoms. The first kappa shape index (κ1) is 18.0. The molecule has 0 atom stereocenters. The Bertz CT molecular complexity index is 946. The Labute approximate surface area is 160 Å². The van der Waals surface area contributed by atoms with Crippen molar-refractivity contribution < 1.29 is 14.3 Å². The van der Waals surface area contributed by atoms with Crippen LogP contribution >= 0.6 is 23.2 Å². The average molecular weight is 389 g/mol. The number of rotatable bonds is 3. The van der Waals surface area contributed by atoms with Gasteiger partial charge in [-0.15, -0.1) is 0 Å². The van der Waals surface area contributed by atoms with E-state index in [0.717, 1.165) is 0 Å². The molecule has 1 aliphatic rings. The number of ether oxygens (including phenoxy) is 2. The van der Waals surface area contributed by atoms with Crippen LogP contribution in [0.1, 0.15) is 11.1 Å². The molecule has 0 spiro atoms. The van der Waals surface area contributed by atoms with Crippen LogP contribution in [0.3, 0.4) is 0 Å². The average Bonchev–Trinajstić information content (AvgIpc) is 2.92. The van der Waals surface area contributed by atoms with Crippen LogP contribution in [0.25, 0.3) is 11.1 Å². The number of benzene rings is 2. The predicted molar refractivity (Wildman–Crippen MR) is 102 cm³/mol. The zero-order chi connectivity index (χ0) is 18.8. The summed E-state index contributed by atoms with van der Waals surface area (Å²) in [6.45, 7) is 0. The van der Waals surface area contributed by atoms with Crippen LogP contribution in [0.15, 0.2) is 60.2 Å². The summed E-state index contributed by atoms with van der Waals surface area (Å²) in [5.41, 5.74) is 7.48. The molecule has 0 amide bonds. The van der Waals surface area contributed by atoms with Gasteiger partial charge in [0.1, 0.15) is 0 Å². The van der Waals surface area contributed by atoms with Crippen molar-refractivity contribution in [2.75, 3.05) is 7.11 Å². The standard InChI is InChI=1S/C19H14Cl2N2O3/c1-25-18(22)15(11-4-8-13(21)9-5-11)17-16(24)14(19(23)26-17)10-2-6-12(20)7-3-10/h2-9,22H,23H2,1H3/b17-15-,22-18?. The van der Waals surface area contributed by atoms with E-state index in [1.807, 2.05) is 0 Å². The van der Waals surface area contributed by atoms with Gasteiger partial charge >= 0.3 is 0 Å². The van der Waals surface area contributed by atoms with E-state index in [-0.39, 0.29) is 28.7 Å². The molecular formula is C19H14Cl2N2O3. The number of allylic oxidation sites excluding steroid dienone is 1. The van der Waals surface area contributed by atoms with Gasteiger partial charge in [0.2, 0.25) is 17.6 Å². The third kappa shape index (κ3) is 3.31. The molecule has 1 aliphatic heterocycles. The van der Waals surface area contributed by atoms with Gasteiger partial charge in [0.25, 0.3) is 0 Å². The summed E-state index contributed by atoms with van der Waals surface area (Å²) < 4.78 is 10.6. The third-order valence-corrected chi connectivity index (χ3v) is 4.32. The van der Waals surface area contributed by atoms with Crippen molar-refractivity contribution in [2.45, 2.75) is 0 Å². The summed E-state index contributed by atoms with van der Waals surface area (Å²) in [6, 6.07) is 13.3. The van der Waals surface area contributed by atoms with Crippen molar-refractivity contribution in [1.29, 1.82) is 5.41 Å². The fourth-order valence-corrected chi connectivity index (χ4v) is 2.82. The molecule has 2 aromatic carbocycles. The molecule has 1 heterocycles. The van der Waals surface area contributed by atoms with Crippen LogP contribution in [0.5, 0.6) is 0 Å². The zero-order valence-electron chi connectivity index (χ0n) is 13.7. The first-order valence-electron chi connectivity index (χ1n) is 7.53. The fraction of sp³-hybridized carbons (Fsp3) is 0.0526. The van der Waals surface area contributed by atoms with E-state index in [1.54, 1.807) is 48.5 Å². The molecule has 2 aromatic rings. The van der Waals surface area contributed by atoms with Gasteiger partial charge in [-0.2, -0.15) is 0 Å². The lowest BCUT2D eigenvalue weighted by Gasteiger charge is -2.11. The van der Waals surface area contributed by atoms with Gasteiger partial charge in [0.05, 0.1) is 18.3 Å². The maximum Gasteiger partial charge on any atom is 0.235 e. The number of Topliss-reactive ketones (excluding diaryl/α,β-unsaturated/α-hetero) is 1. The highest BCUT2D eigenvalue weighted by Gasteiger charge is 2.35. The van der Waals surface area contributed by atoms with Crippen molar-refractivity contribution in [3.05, 3.63) is 81.3 Å². The lowest BCUT2D eigenvalue weighted by atomic mass is 9.97. The summed E-state index contributed by atoms with van der Waals surface area (Å²) in [4.78, 5) is 13.0. The molecule has 132 valence electrons. The molecule has 0 saturated heterocycles. The summed E-state index contributed by atoms with van der Waals surface area (Å²) in [6.07, 6.45) is 0. The molecule has 0 saturated carbocycles. The second kappa shape index (κ2) is 7.23. The van der Waals surface area contributed by atoms with Gasteiger partial charge in [0, 0.05) is 10.0 Å². The molecule has 0 bridgehead atoms. The Kier molecular flexibility index (Phi) is 5.02. The monoisotopic (exact) mass is 388 g/mol. The number of carbonyl (C=O) groups is 1. The normalized spacial score (nSPS) is 15.7. The quantitative estimate of drug-likeness (QED) is 0.467. The SMILES string of the molecule is COC(=N)/C(=C1\OC(N)=C(c2ccc(Cl)cc2)C1=O)c1ccc(Cl)cc1. The fourth-order valence-electron chi connectivity index (χ4n) is 2.57. The van der Waals surface area contributed by atoms with Gasteiger partial charge in [-0.25, -0.2) is 0 Å². The van der Waals surface area contributed by atoms with E-state index in [0.29, 0.717) is 21.2 Å². The Morgan fingerprint density at radius 2 is 1.58 bits per heavy atom. The number of halogens is 2. The molecule has 3 rings (SSSR count). The Hall–Kier alpha value is -2.76. The second-order valence-corrected chi connectivity index (χ2v) is 6.29. The molecule has 0 radical (unpaired) electrons. The zero-order valence-corrected chi connectivity index (χ0v) is 15.2.